The molecule has 1 N–H and O–H groups in total. The lowest BCUT2D eigenvalue weighted by molar-refractivity contribution is 0.0955. The summed E-state index contributed by atoms with van der Waals surface area (Å²) in [6, 6.07) is 16.7. The van der Waals surface area contributed by atoms with Crippen LogP contribution in [0.25, 0.3) is 0 Å². The average molecular weight is 583 g/mol. The number of rotatable bonds is 7. The smallest absolute Gasteiger partial charge is 0.271 e. The van der Waals surface area contributed by atoms with Gasteiger partial charge >= 0.3 is 0 Å². The summed E-state index contributed by atoms with van der Waals surface area (Å²) in [6.45, 7) is 0.404. The Kier molecular flexibility index (Phi) is 7.81. The van der Waals surface area contributed by atoms with Crippen LogP contribution in [0.1, 0.15) is 21.5 Å². The van der Waals surface area contributed by atoms with Crippen LogP contribution in [0.4, 0.5) is 4.39 Å². The van der Waals surface area contributed by atoms with Gasteiger partial charge < -0.3 is 9.47 Å². The molecule has 0 aliphatic heterocycles. The van der Waals surface area contributed by atoms with Crippen molar-refractivity contribution in [1.82, 2.24) is 5.43 Å². The zero-order valence-electron chi connectivity index (χ0n) is 15.9. The summed E-state index contributed by atoms with van der Waals surface area (Å²) >= 11 is 5.58. The maximum atomic E-state index is 12.9. The van der Waals surface area contributed by atoms with Gasteiger partial charge in [-0.3, -0.25) is 4.79 Å². The number of amides is 1. The van der Waals surface area contributed by atoms with Crippen molar-refractivity contribution in [3.8, 4) is 11.5 Å². The van der Waals surface area contributed by atoms with Crippen molar-refractivity contribution in [2.75, 3.05) is 7.11 Å². The summed E-state index contributed by atoms with van der Waals surface area (Å²) in [4.78, 5) is 12.0. The molecule has 5 nitrogen and oxygen atoms in total. The molecule has 0 saturated carbocycles. The van der Waals surface area contributed by atoms with Gasteiger partial charge in [0, 0.05) is 10.0 Å². The summed E-state index contributed by atoms with van der Waals surface area (Å²) in [5.74, 6) is 0.361. The number of benzene rings is 3. The van der Waals surface area contributed by atoms with Gasteiger partial charge in [-0.15, -0.1) is 0 Å². The molecular formula is C22H17BrFIN2O3. The number of ether oxygens (including phenoxy) is 2. The highest BCUT2D eigenvalue weighted by Gasteiger charge is 2.12. The number of hydrazone groups is 1. The molecule has 0 bridgehead atoms. The zero-order chi connectivity index (χ0) is 21.5. The molecule has 8 heteroatoms. The van der Waals surface area contributed by atoms with Gasteiger partial charge in [0.25, 0.3) is 5.91 Å². The van der Waals surface area contributed by atoms with Gasteiger partial charge in [-0.1, -0.05) is 28.1 Å². The maximum absolute atomic E-state index is 12.9. The Labute approximate surface area is 195 Å². The highest BCUT2D eigenvalue weighted by molar-refractivity contribution is 14.1. The van der Waals surface area contributed by atoms with Crippen LogP contribution < -0.4 is 14.9 Å². The number of hydrogen-bond donors (Lipinski definition) is 1. The van der Waals surface area contributed by atoms with Gasteiger partial charge in [0.05, 0.1) is 16.9 Å². The Morgan fingerprint density at radius 1 is 1.17 bits per heavy atom. The summed E-state index contributed by atoms with van der Waals surface area (Å²) < 4.78 is 26.2. The first-order valence-corrected chi connectivity index (χ1v) is 10.7. The van der Waals surface area contributed by atoms with E-state index in [1.165, 1.54) is 30.5 Å². The molecule has 0 saturated heterocycles. The Morgan fingerprint density at radius 2 is 1.87 bits per heavy atom. The predicted molar refractivity (Wildman–Crippen MR) is 126 cm³/mol. The second-order valence-electron chi connectivity index (χ2n) is 6.16. The first kappa shape index (κ1) is 22.2. The minimum Gasteiger partial charge on any atom is -0.493 e. The third-order valence-electron chi connectivity index (χ3n) is 4.03. The topological polar surface area (TPSA) is 59.9 Å². The van der Waals surface area contributed by atoms with Crippen LogP contribution in [-0.4, -0.2) is 19.2 Å². The lowest BCUT2D eigenvalue weighted by Gasteiger charge is -2.13. The monoisotopic (exact) mass is 582 g/mol. The fourth-order valence-corrected chi connectivity index (χ4v) is 3.57. The number of nitrogens with one attached hydrogen (secondary N) is 1. The fraction of sp³-hybridized carbons (Fsp3) is 0.0909. The number of carbonyl (C=O) groups is 1. The molecule has 0 radical (unpaired) electrons. The second-order valence-corrected chi connectivity index (χ2v) is 8.23. The van der Waals surface area contributed by atoms with Crippen molar-refractivity contribution in [1.29, 1.82) is 0 Å². The third kappa shape index (κ3) is 6.02. The second kappa shape index (κ2) is 10.5. The van der Waals surface area contributed by atoms with Crippen LogP contribution >= 0.6 is 38.5 Å². The van der Waals surface area contributed by atoms with Crippen LogP contribution in [0.3, 0.4) is 0 Å². The van der Waals surface area contributed by atoms with E-state index in [9.17, 15) is 9.18 Å². The van der Waals surface area contributed by atoms with Gasteiger partial charge in [-0.2, -0.15) is 5.10 Å². The molecule has 30 heavy (non-hydrogen) atoms. The molecule has 0 fully saturated rings. The Morgan fingerprint density at radius 3 is 2.53 bits per heavy atom. The third-order valence-corrected chi connectivity index (χ3v) is 5.36. The van der Waals surface area contributed by atoms with Crippen LogP contribution in [0.2, 0.25) is 0 Å². The highest BCUT2D eigenvalue weighted by atomic mass is 127. The lowest BCUT2D eigenvalue weighted by Crippen LogP contribution is -2.17. The molecule has 0 aliphatic rings. The number of hydrogen-bond acceptors (Lipinski definition) is 4. The normalized spacial score (nSPS) is 10.8. The number of halogens is 3. The van der Waals surface area contributed by atoms with E-state index in [0.717, 1.165) is 19.2 Å². The number of methoxy groups -OCH3 is 1. The number of nitrogens with zero attached hydrogens (tertiary/aromatic N) is 1. The summed E-state index contributed by atoms with van der Waals surface area (Å²) in [5, 5.41) is 3.97. The van der Waals surface area contributed by atoms with Crippen molar-refractivity contribution < 1.29 is 18.7 Å². The van der Waals surface area contributed by atoms with E-state index in [1.54, 1.807) is 13.2 Å². The largest absolute Gasteiger partial charge is 0.493 e. The van der Waals surface area contributed by atoms with E-state index >= 15 is 0 Å². The standard InChI is InChI=1S/C22H17BrFIN2O3/c1-29-20-11-15(12-26-27-22(28)16-4-8-18(24)9-5-16)10-19(25)21(20)30-13-14-2-6-17(23)7-3-14/h2-12H,13H2,1H3,(H,27,28)/b26-12-. The molecule has 3 aromatic carbocycles. The molecule has 154 valence electrons. The Balaban J connectivity index is 1.68. The summed E-state index contributed by atoms with van der Waals surface area (Å²) in [6.07, 6.45) is 1.50. The molecule has 1 amide bonds. The van der Waals surface area contributed by atoms with Gasteiger partial charge in [-0.05, 0) is 82.2 Å². The van der Waals surface area contributed by atoms with E-state index in [-0.39, 0.29) is 0 Å². The molecule has 0 aliphatic carbocycles. The van der Waals surface area contributed by atoms with Crippen molar-refractivity contribution in [3.05, 3.63) is 91.2 Å². The quantitative estimate of drug-likeness (QED) is 0.226. The molecule has 3 rings (SSSR count). The first-order chi connectivity index (χ1) is 14.5. The van der Waals surface area contributed by atoms with Gasteiger partial charge in [0.15, 0.2) is 11.5 Å². The van der Waals surface area contributed by atoms with Gasteiger partial charge in [0.1, 0.15) is 12.4 Å². The minimum atomic E-state index is -0.428. The Hall–Kier alpha value is -2.46. The van der Waals surface area contributed by atoms with Crippen molar-refractivity contribution >= 4 is 50.6 Å². The molecule has 0 unspecified atom stereocenters. The van der Waals surface area contributed by atoms with Crippen LogP contribution in [-0.2, 0) is 6.61 Å². The van der Waals surface area contributed by atoms with Gasteiger partial charge in [-0.25, -0.2) is 9.82 Å². The molecule has 0 aromatic heterocycles. The van der Waals surface area contributed by atoms with Crippen molar-refractivity contribution in [3.63, 3.8) is 0 Å². The molecule has 0 atom stereocenters. The minimum absolute atomic E-state index is 0.317. The van der Waals surface area contributed by atoms with Crippen LogP contribution in [0.5, 0.6) is 11.5 Å². The van der Waals surface area contributed by atoms with Crippen molar-refractivity contribution in [2.24, 2.45) is 5.10 Å². The van der Waals surface area contributed by atoms with E-state index < -0.39 is 11.7 Å². The lowest BCUT2D eigenvalue weighted by atomic mass is 10.2. The Bertz CT molecular complexity index is 1060. The van der Waals surface area contributed by atoms with E-state index in [0.29, 0.717) is 23.7 Å². The summed E-state index contributed by atoms with van der Waals surface area (Å²) in [7, 11) is 1.56. The molecule has 0 heterocycles. The zero-order valence-corrected chi connectivity index (χ0v) is 19.6. The molecule has 3 aromatic rings. The molecular weight excluding hydrogens is 566 g/mol. The average Bonchev–Trinajstić information content (AvgIpc) is 2.74. The first-order valence-electron chi connectivity index (χ1n) is 8.80. The van der Waals surface area contributed by atoms with E-state index in [1.807, 2.05) is 30.3 Å². The predicted octanol–water partition coefficient (Wildman–Crippen LogP) is 5.54. The van der Waals surface area contributed by atoms with Crippen molar-refractivity contribution in [2.45, 2.75) is 6.61 Å². The fourth-order valence-electron chi connectivity index (χ4n) is 2.52. The SMILES string of the molecule is COc1cc(/C=N\NC(=O)c2ccc(F)cc2)cc(I)c1OCc1ccc(Br)cc1. The number of carbonyl (C=O) groups excluding carboxylic acids is 1. The highest BCUT2D eigenvalue weighted by Crippen LogP contribution is 2.34. The summed E-state index contributed by atoms with van der Waals surface area (Å²) in [5.41, 5.74) is 4.50. The van der Waals surface area contributed by atoms with Crippen LogP contribution in [0, 0.1) is 9.39 Å². The van der Waals surface area contributed by atoms with Gasteiger partial charge in [0.2, 0.25) is 0 Å². The maximum Gasteiger partial charge on any atom is 0.271 e. The van der Waals surface area contributed by atoms with E-state index in [2.05, 4.69) is 49.0 Å². The van der Waals surface area contributed by atoms with Crippen LogP contribution in [0.15, 0.2) is 70.2 Å². The van der Waals surface area contributed by atoms with E-state index in [4.69, 9.17) is 9.47 Å². The molecule has 0 spiro atoms.